The number of thioether (sulfide) groups is 1. The summed E-state index contributed by atoms with van der Waals surface area (Å²) in [7, 11) is 0. The van der Waals surface area contributed by atoms with Gasteiger partial charge in [0.1, 0.15) is 0 Å². The molecule has 2 atom stereocenters. The van der Waals surface area contributed by atoms with Crippen molar-refractivity contribution >= 4 is 23.1 Å². The largest absolute Gasteiger partial charge is 0.310 e. The fraction of sp³-hybridized carbons (Fsp3) is 0.636. The third kappa shape index (κ3) is 2.15. The minimum absolute atomic E-state index is 0.604. The molecule has 1 nitrogen and oxygen atoms in total. The summed E-state index contributed by atoms with van der Waals surface area (Å²) in [6.45, 7) is 5.69. The maximum absolute atomic E-state index is 3.64. The molecule has 14 heavy (non-hydrogen) atoms. The topological polar surface area (TPSA) is 12.0 Å². The van der Waals surface area contributed by atoms with E-state index in [1.54, 1.807) is 0 Å². The van der Waals surface area contributed by atoms with Crippen LogP contribution in [0.3, 0.4) is 0 Å². The van der Waals surface area contributed by atoms with Crippen molar-refractivity contribution in [2.45, 2.75) is 42.2 Å². The Bertz CT molecular complexity index is 295. The molecule has 2 rings (SSSR count). The van der Waals surface area contributed by atoms with E-state index in [-0.39, 0.29) is 0 Å². The highest BCUT2D eigenvalue weighted by atomic mass is 32.2. The van der Waals surface area contributed by atoms with Gasteiger partial charge in [-0.25, -0.2) is 0 Å². The molecule has 0 aliphatic carbocycles. The second-order valence-corrected chi connectivity index (χ2v) is 6.46. The predicted molar refractivity (Wildman–Crippen MR) is 65.3 cm³/mol. The third-order valence-electron chi connectivity index (χ3n) is 2.55. The second-order valence-electron chi connectivity index (χ2n) is 3.83. The van der Waals surface area contributed by atoms with Gasteiger partial charge in [0.25, 0.3) is 0 Å². The number of nitrogens with one attached hydrogen (secondary N) is 1. The SMILES string of the molecule is CCCNC1C[C@H](C)Sc2sccc21. The smallest absolute Gasteiger partial charge is 0.0649 e. The van der Waals surface area contributed by atoms with E-state index < -0.39 is 0 Å². The molecule has 1 aromatic heterocycles. The van der Waals surface area contributed by atoms with Crippen molar-refractivity contribution in [3.63, 3.8) is 0 Å². The van der Waals surface area contributed by atoms with Gasteiger partial charge in [0.05, 0.1) is 4.21 Å². The van der Waals surface area contributed by atoms with E-state index in [0.29, 0.717) is 6.04 Å². The summed E-state index contributed by atoms with van der Waals surface area (Å²) in [5, 5.41) is 6.62. The van der Waals surface area contributed by atoms with Crippen LogP contribution in [0, 0.1) is 0 Å². The quantitative estimate of drug-likeness (QED) is 0.845. The van der Waals surface area contributed by atoms with E-state index in [9.17, 15) is 0 Å². The Balaban J connectivity index is 2.11. The summed E-state index contributed by atoms with van der Waals surface area (Å²) < 4.78 is 1.53. The van der Waals surface area contributed by atoms with Crippen LogP contribution in [-0.2, 0) is 0 Å². The van der Waals surface area contributed by atoms with Gasteiger partial charge in [-0.1, -0.05) is 13.8 Å². The lowest BCUT2D eigenvalue weighted by Crippen LogP contribution is -2.26. The molecule has 3 heteroatoms. The van der Waals surface area contributed by atoms with Crippen molar-refractivity contribution in [2.24, 2.45) is 0 Å². The fourth-order valence-corrected chi connectivity index (χ4v) is 4.43. The summed E-state index contributed by atoms with van der Waals surface area (Å²) in [6.07, 6.45) is 2.49. The van der Waals surface area contributed by atoms with E-state index in [1.807, 2.05) is 23.1 Å². The van der Waals surface area contributed by atoms with Crippen molar-refractivity contribution in [1.82, 2.24) is 5.32 Å². The highest BCUT2D eigenvalue weighted by Crippen LogP contribution is 2.43. The lowest BCUT2D eigenvalue weighted by molar-refractivity contribution is 0.489. The molecule has 2 heterocycles. The maximum atomic E-state index is 3.64. The molecule has 1 aromatic rings. The summed E-state index contributed by atoms with van der Waals surface area (Å²) in [4.78, 5) is 0. The van der Waals surface area contributed by atoms with Gasteiger partial charge in [-0.2, -0.15) is 0 Å². The van der Waals surface area contributed by atoms with Crippen LogP contribution in [-0.4, -0.2) is 11.8 Å². The van der Waals surface area contributed by atoms with Crippen LogP contribution in [0.5, 0.6) is 0 Å². The number of fused-ring (bicyclic) bond motifs is 1. The normalized spacial score (nSPS) is 26.1. The van der Waals surface area contributed by atoms with E-state index in [4.69, 9.17) is 0 Å². The molecule has 0 fully saturated rings. The van der Waals surface area contributed by atoms with Crippen LogP contribution >= 0.6 is 23.1 Å². The van der Waals surface area contributed by atoms with Crippen LogP contribution in [0.2, 0.25) is 0 Å². The molecule has 0 saturated heterocycles. The molecule has 0 spiro atoms. The van der Waals surface area contributed by atoms with Gasteiger partial charge < -0.3 is 5.32 Å². The number of thiophene rings is 1. The summed E-state index contributed by atoms with van der Waals surface area (Å²) in [5.74, 6) is 0. The Morgan fingerprint density at radius 1 is 1.57 bits per heavy atom. The molecule has 78 valence electrons. The average Bonchev–Trinajstić information content (AvgIpc) is 2.61. The Morgan fingerprint density at radius 2 is 2.43 bits per heavy atom. The maximum Gasteiger partial charge on any atom is 0.0649 e. The molecule has 0 aromatic carbocycles. The van der Waals surface area contributed by atoms with Crippen LogP contribution in [0.25, 0.3) is 0 Å². The van der Waals surface area contributed by atoms with Gasteiger partial charge in [0.2, 0.25) is 0 Å². The highest BCUT2D eigenvalue weighted by molar-refractivity contribution is 8.01. The zero-order valence-corrected chi connectivity index (χ0v) is 10.4. The summed E-state index contributed by atoms with van der Waals surface area (Å²) in [6, 6.07) is 2.89. The lowest BCUT2D eigenvalue weighted by Gasteiger charge is -2.27. The highest BCUT2D eigenvalue weighted by Gasteiger charge is 2.25. The predicted octanol–water partition coefficient (Wildman–Crippen LogP) is 3.67. The second kappa shape index (κ2) is 4.69. The van der Waals surface area contributed by atoms with Crippen LogP contribution < -0.4 is 5.32 Å². The summed E-state index contributed by atoms with van der Waals surface area (Å²) in [5.41, 5.74) is 1.53. The lowest BCUT2D eigenvalue weighted by atomic mass is 10.0. The molecule has 1 unspecified atom stereocenters. The van der Waals surface area contributed by atoms with Crippen molar-refractivity contribution in [2.75, 3.05) is 6.54 Å². The Morgan fingerprint density at radius 3 is 3.21 bits per heavy atom. The van der Waals surface area contributed by atoms with E-state index in [1.165, 1.54) is 22.6 Å². The monoisotopic (exact) mass is 227 g/mol. The molecule has 1 aliphatic heterocycles. The minimum atomic E-state index is 0.604. The Kier molecular flexibility index (Phi) is 3.52. The molecule has 0 bridgehead atoms. The van der Waals surface area contributed by atoms with Gasteiger partial charge >= 0.3 is 0 Å². The zero-order valence-electron chi connectivity index (χ0n) is 8.75. The van der Waals surface area contributed by atoms with Crippen molar-refractivity contribution in [3.8, 4) is 0 Å². The van der Waals surface area contributed by atoms with E-state index >= 15 is 0 Å². The van der Waals surface area contributed by atoms with E-state index in [2.05, 4.69) is 30.6 Å². The Hall–Kier alpha value is 0.0100. The minimum Gasteiger partial charge on any atom is -0.310 e. The van der Waals surface area contributed by atoms with Gasteiger partial charge in [0.15, 0.2) is 0 Å². The molecule has 0 saturated carbocycles. The first kappa shape index (κ1) is 10.5. The van der Waals surface area contributed by atoms with E-state index in [0.717, 1.165) is 11.8 Å². The first-order chi connectivity index (χ1) is 6.81. The number of hydrogen-bond donors (Lipinski definition) is 1. The molecular formula is C11H17NS2. The third-order valence-corrected chi connectivity index (χ3v) is 4.89. The molecule has 0 radical (unpaired) electrons. The van der Waals surface area contributed by atoms with Gasteiger partial charge in [-0.3, -0.25) is 0 Å². The first-order valence-electron chi connectivity index (χ1n) is 5.28. The van der Waals surface area contributed by atoms with Crippen molar-refractivity contribution in [1.29, 1.82) is 0 Å². The van der Waals surface area contributed by atoms with Crippen molar-refractivity contribution in [3.05, 3.63) is 17.0 Å². The molecular weight excluding hydrogens is 210 g/mol. The van der Waals surface area contributed by atoms with Gasteiger partial charge in [0, 0.05) is 11.3 Å². The average molecular weight is 227 g/mol. The number of rotatable bonds is 3. The van der Waals surface area contributed by atoms with Crippen LogP contribution in [0.4, 0.5) is 0 Å². The van der Waals surface area contributed by atoms with Crippen LogP contribution in [0.15, 0.2) is 15.7 Å². The number of hydrogen-bond acceptors (Lipinski definition) is 3. The van der Waals surface area contributed by atoms with Crippen molar-refractivity contribution < 1.29 is 0 Å². The summed E-state index contributed by atoms with van der Waals surface area (Å²) >= 11 is 3.92. The Labute approximate surface area is 94.3 Å². The molecule has 1 aliphatic rings. The zero-order chi connectivity index (χ0) is 9.97. The van der Waals surface area contributed by atoms with Crippen LogP contribution in [0.1, 0.15) is 38.3 Å². The first-order valence-corrected chi connectivity index (χ1v) is 7.04. The molecule has 0 amide bonds. The fourth-order valence-electron chi connectivity index (χ4n) is 1.86. The van der Waals surface area contributed by atoms with Gasteiger partial charge in [-0.15, -0.1) is 23.1 Å². The molecule has 1 N–H and O–H groups in total. The standard InChI is InChI=1S/C11H17NS2/c1-3-5-12-10-7-8(2)14-11-9(10)4-6-13-11/h4,6,8,10,12H,3,5,7H2,1-2H3/t8-,10?/m0/s1. The van der Waals surface area contributed by atoms with Gasteiger partial charge in [-0.05, 0) is 36.4 Å².